The summed E-state index contributed by atoms with van der Waals surface area (Å²) in [5.41, 5.74) is 0. The van der Waals surface area contributed by atoms with Crippen LogP contribution in [0, 0.1) is 0 Å². The van der Waals surface area contributed by atoms with Crippen molar-refractivity contribution in [3.63, 3.8) is 0 Å². The molecule has 0 radical (unpaired) electrons. The van der Waals surface area contributed by atoms with Gasteiger partial charge >= 0.3 is 16.4 Å². The molecule has 1 heterocycles. The maximum absolute atomic E-state index is 13.0. The summed E-state index contributed by atoms with van der Waals surface area (Å²) in [6.07, 6.45) is 55.1. The van der Waals surface area contributed by atoms with E-state index in [1.54, 1.807) is 0 Å². The van der Waals surface area contributed by atoms with Gasteiger partial charge in [-0.3, -0.25) is 9.35 Å². The molecule has 1 fully saturated rings. The van der Waals surface area contributed by atoms with Gasteiger partial charge in [0.2, 0.25) is 0 Å². The first-order chi connectivity index (χ1) is 36.1. The highest BCUT2D eigenvalue weighted by Gasteiger charge is 2.48. The highest BCUT2D eigenvalue weighted by atomic mass is 32.3. The van der Waals surface area contributed by atoms with E-state index in [0.717, 1.165) is 44.9 Å². The second-order valence-corrected chi connectivity index (χ2v) is 22.7. The number of ether oxygens (including phenoxy) is 4. The van der Waals surface area contributed by atoms with Crippen LogP contribution in [0.4, 0.5) is 0 Å². The topological polar surface area (TPSA) is 178 Å². The summed E-state index contributed by atoms with van der Waals surface area (Å²) in [5, 5.41) is 30.9. The number of esters is 1. The number of carbonyl (C=O) groups excluding carboxylic acids is 1. The average Bonchev–Trinajstić information content (AvgIpc) is 3.38. The first-order valence-corrected chi connectivity index (χ1v) is 32.5. The van der Waals surface area contributed by atoms with Crippen molar-refractivity contribution in [2.45, 2.75) is 333 Å². The van der Waals surface area contributed by atoms with Crippen LogP contribution in [0.25, 0.3) is 0 Å². The summed E-state index contributed by atoms with van der Waals surface area (Å²) >= 11 is 0. The molecular formula is C61H116O12S. The Labute approximate surface area is 454 Å². The Hall–Kier alpha value is -1.42. The predicted molar refractivity (Wildman–Crippen MR) is 304 cm³/mol. The molecule has 6 atom stereocenters. The first kappa shape index (κ1) is 70.6. The van der Waals surface area contributed by atoms with Gasteiger partial charge in [-0.25, -0.2) is 4.18 Å². The lowest BCUT2D eigenvalue weighted by atomic mass is 9.99. The molecule has 74 heavy (non-hydrogen) atoms. The molecule has 0 saturated carbocycles. The fraction of sp³-hybridized carbons (Fsp3) is 0.918. The van der Waals surface area contributed by atoms with Crippen LogP contribution in [0.5, 0.6) is 0 Å². The van der Waals surface area contributed by atoms with Crippen LogP contribution < -0.4 is 0 Å². The fourth-order valence-corrected chi connectivity index (χ4v) is 10.4. The molecule has 6 unspecified atom stereocenters. The lowest BCUT2D eigenvalue weighted by Gasteiger charge is -2.41. The molecule has 438 valence electrons. The monoisotopic (exact) mass is 1070 g/mol. The van der Waals surface area contributed by atoms with Crippen molar-refractivity contribution in [3.05, 3.63) is 24.3 Å². The van der Waals surface area contributed by atoms with E-state index in [2.05, 4.69) is 42.3 Å². The van der Waals surface area contributed by atoms with Gasteiger partial charge in [0, 0.05) is 13.0 Å². The van der Waals surface area contributed by atoms with Gasteiger partial charge in [0.15, 0.2) is 6.29 Å². The molecule has 0 aliphatic carbocycles. The van der Waals surface area contributed by atoms with Gasteiger partial charge in [-0.2, -0.15) is 8.42 Å². The Morgan fingerprint density at radius 1 is 0.514 bits per heavy atom. The Morgan fingerprint density at radius 3 is 1.28 bits per heavy atom. The number of carbonyl (C=O) groups is 1. The Kier molecular flexibility index (Phi) is 49.9. The van der Waals surface area contributed by atoms with Crippen molar-refractivity contribution in [2.75, 3.05) is 26.4 Å². The van der Waals surface area contributed by atoms with Gasteiger partial charge in [-0.1, -0.05) is 269 Å². The summed E-state index contributed by atoms with van der Waals surface area (Å²) in [5.74, 6) is -0.391. The summed E-state index contributed by atoms with van der Waals surface area (Å²) < 4.78 is 59.5. The third-order valence-electron chi connectivity index (χ3n) is 14.6. The van der Waals surface area contributed by atoms with Crippen molar-refractivity contribution in [1.29, 1.82) is 0 Å². The summed E-state index contributed by atoms with van der Waals surface area (Å²) in [6.45, 7) is 4.05. The zero-order valence-corrected chi connectivity index (χ0v) is 48.5. The molecule has 0 aromatic carbocycles. The van der Waals surface area contributed by atoms with E-state index in [1.165, 1.54) is 225 Å². The van der Waals surface area contributed by atoms with Gasteiger partial charge in [-0.15, -0.1) is 0 Å². The van der Waals surface area contributed by atoms with E-state index >= 15 is 0 Å². The Balaban J connectivity index is 2.25. The molecule has 0 aromatic heterocycles. The van der Waals surface area contributed by atoms with Crippen LogP contribution in [0.15, 0.2) is 24.3 Å². The molecule has 0 aromatic rings. The third-order valence-corrected chi connectivity index (χ3v) is 15.0. The van der Waals surface area contributed by atoms with Crippen LogP contribution in [-0.4, -0.2) is 97.5 Å². The smallest absolute Gasteiger partial charge is 0.397 e. The van der Waals surface area contributed by atoms with Crippen molar-refractivity contribution in [1.82, 2.24) is 0 Å². The lowest BCUT2D eigenvalue weighted by molar-refractivity contribution is -0.301. The van der Waals surface area contributed by atoms with Crippen LogP contribution >= 0.6 is 0 Å². The Bertz CT molecular complexity index is 1380. The standard InChI is InChI=1S/C61H116O12S/c1-3-5-7-9-11-13-15-17-19-21-23-25-27-29-31-33-35-37-39-41-43-45-47-49-51-69-53-55(54-70-61-59(65)60(73-74(66,67)68)58(64)56(52-62)72-61)71-57(63)50-48-46-44-42-40-38-36-34-32-30-28-26-24-22-20-18-16-14-12-10-8-6-4-2/h15,17,21,23,55-56,58-62,64-65H,3-14,16,18-20,22,24-54H2,1-2H3,(H,66,67,68)/b17-15-,23-21-. The Morgan fingerprint density at radius 2 is 0.892 bits per heavy atom. The highest BCUT2D eigenvalue weighted by Crippen LogP contribution is 2.26. The van der Waals surface area contributed by atoms with Crippen molar-refractivity contribution < 1.29 is 56.2 Å². The van der Waals surface area contributed by atoms with E-state index in [1.807, 2.05) is 0 Å². The highest BCUT2D eigenvalue weighted by molar-refractivity contribution is 7.80. The van der Waals surface area contributed by atoms with Gasteiger partial charge in [0.1, 0.15) is 30.5 Å². The molecule has 0 amide bonds. The number of hydrogen-bond acceptors (Lipinski definition) is 11. The van der Waals surface area contributed by atoms with Crippen LogP contribution in [0.2, 0.25) is 0 Å². The molecule has 0 spiro atoms. The first-order valence-electron chi connectivity index (χ1n) is 31.1. The van der Waals surface area contributed by atoms with Crippen LogP contribution in [0.1, 0.15) is 296 Å². The fourth-order valence-electron chi connectivity index (χ4n) is 9.88. The van der Waals surface area contributed by atoms with Gasteiger partial charge in [0.25, 0.3) is 0 Å². The number of hydrogen-bond donors (Lipinski definition) is 4. The third kappa shape index (κ3) is 44.5. The molecule has 4 N–H and O–H groups in total. The van der Waals surface area contributed by atoms with E-state index in [-0.39, 0.29) is 19.6 Å². The van der Waals surface area contributed by atoms with Gasteiger partial charge in [-0.05, 0) is 44.9 Å². The number of aliphatic hydroxyl groups excluding tert-OH is 3. The minimum Gasteiger partial charge on any atom is -0.457 e. The van der Waals surface area contributed by atoms with Crippen molar-refractivity contribution in [3.8, 4) is 0 Å². The summed E-state index contributed by atoms with van der Waals surface area (Å²) in [7, 11) is -5.07. The van der Waals surface area contributed by atoms with Crippen molar-refractivity contribution in [2.24, 2.45) is 0 Å². The maximum Gasteiger partial charge on any atom is 0.397 e. The average molecular weight is 1070 g/mol. The molecule has 1 rings (SSSR count). The van der Waals surface area contributed by atoms with Gasteiger partial charge in [0.05, 0.1) is 19.8 Å². The number of unbranched alkanes of at least 4 members (excludes halogenated alkanes) is 39. The van der Waals surface area contributed by atoms with Crippen LogP contribution in [0.3, 0.4) is 0 Å². The second-order valence-electron chi connectivity index (χ2n) is 21.7. The maximum atomic E-state index is 13.0. The quantitative estimate of drug-likeness (QED) is 0.0196. The normalized spacial score (nSPS) is 18.8. The zero-order valence-electron chi connectivity index (χ0n) is 47.7. The second kappa shape index (κ2) is 52.3. The predicted octanol–water partition coefficient (Wildman–Crippen LogP) is 15.9. The SMILES string of the molecule is CCCCCCC/C=C\C/C=C\CCCCCCCCCCCCCCOCC(COC1OC(CO)C(O)C(OS(=O)(=O)O)C1O)OC(=O)CCCCCCCCCCCCCCCCCCCCCCCCC. The van der Waals surface area contributed by atoms with E-state index in [4.69, 9.17) is 18.9 Å². The molecule has 1 aliphatic rings. The van der Waals surface area contributed by atoms with E-state index in [0.29, 0.717) is 13.0 Å². The number of aliphatic hydroxyl groups is 3. The molecule has 0 bridgehead atoms. The van der Waals surface area contributed by atoms with Crippen LogP contribution in [-0.2, 0) is 38.3 Å². The molecular weight excluding hydrogens is 957 g/mol. The zero-order chi connectivity index (χ0) is 53.8. The molecule has 13 heteroatoms. The van der Waals surface area contributed by atoms with Gasteiger partial charge < -0.3 is 34.3 Å². The summed E-state index contributed by atoms with van der Waals surface area (Å²) in [4.78, 5) is 13.0. The molecule has 12 nitrogen and oxygen atoms in total. The van der Waals surface area contributed by atoms with E-state index < -0.39 is 59.8 Å². The molecule has 1 saturated heterocycles. The number of allylic oxidation sites excluding steroid dienone is 4. The molecule has 1 aliphatic heterocycles. The minimum absolute atomic E-state index is 0.0403. The van der Waals surface area contributed by atoms with E-state index in [9.17, 15) is 33.1 Å². The van der Waals surface area contributed by atoms with Crippen molar-refractivity contribution >= 4 is 16.4 Å². The minimum atomic E-state index is -5.07. The number of rotatable bonds is 56. The largest absolute Gasteiger partial charge is 0.457 e. The summed E-state index contributed by atoms with van der Waals surface area (Å²) in [6, 6.07) is 0. The lowest BCUT2D eigenvalue weighted by Crippen LogP contribution is -2.60.